The molecule has 0 saturated carbocycles. The summed E-state index contributed by atoms with van der Waals surface area (Å²) in [5.41, 5.74) is 0.174. The lowest BCUT2D eigenvalue weighted by Crippen LogP contribution is -2.45. The summed E-state index contributed by atoms with van der Waals surface area (Å²) in [5.74, 6) is 0.225. The second-order valence-electron chi connectivity index (χ2n) is 4.10. The molecule has 0 fully saturated rings. The summed E-state index contributed by atoms with van der Waals surface area (Å²) >= 11 is 12.4. The van der Waals surface area contributed by atoms with Gasteiger partial charge in [0.1, 0.15) is 0 Å². The van der Waals surface area contributed by atoms with E-state index >= 15 is 0 Å². The van der Waals surface area contributed by atoms with Gasteiger partial charge in [0, 0.05) is 20.4 Å². The van der Waals surface area contributed by atoms with Crippen LogP contribution < -0.4 is 5.32 Å². The van der Waals surface area contributed by atoms with Crippen molar-refractivity contribution in [2.45, 2.75) is 19.4 Å². The molecule has 1 aromatic rings. The SMILES string of the molecule is CC(C)(CCl)NC(=O)c1cc(Br)ccc1Br. The number of hydrogen-bond donors (Lipinski definition) is 1. The van der Waals surface area contributed by atoms with Gasteiger partial charge in [-0.3, -0.25) is 4.79 Å². The molecule has 5 heteroatoms. The van der Waals surface area contributed by atoms with Crippen LogP contribution in [0, 0.1) is 0 Å². The Hall–Kier alpha value is -0.0600. The first-order valence-corrected chi connectivity index (χ1v) is 6.81. The fourth-order valence-corrected chi connectivity index (χ4v) is 1.93. The maximum atomic E-state index is 12.0. The average molecular weight is 369 g/mol. The number of halogens is 3. The third kappa shape index (κ3) is 3.75. The van der Waals surface area contributed by atoms with Crippen LogP contribution in [-0.4, -0.2) is 17.3 Å². The molecule has 0 bridgehead atoms. The molecule has 0 aliphatic carbocycles. The summed E-state index contributed by atoms with van der Waals surface area (Å²) in [7, 11) is 0. The van der Waals surface area contributed by atoms with Crippen LogP contribution in [0.3, 0.4) is 0 Å². The Bertz CT molecular complexity index is 407. The Morgan fingerprint density at radius 1 is 1.44 bits per heavy atom. The first kappa shape index (κ1) is 14.0. The predicted molar refractivity (Wildman–Crippen MR) is 74.1 cm³/mol. The van der Waals surface area contributed by atoms with Gasteiger partial charge in [0.05, 0.1) is 5.56 Å². The summed E-state index contributed by atoms with van der Waals surface area (Å²) in [5, 5.41) is 2.87. The molecule has 0 unspecified atom stereocenters. The number of carbonyl (C=O) groups is 1. The quantitative estimate of drug-likeness (QED) is 0.803. The van der Waals surface area contributed by atoms with Crippen LogP contribution >= 0.6 is 43.5 Å². The van der Waals surface area contributed by atoms with Crippen LogP contribution in [0.2, 0.25) is 0 Å². The summed E-state index contributed by atoms with van der Waals surface area (Å²) in [6.07, 6.45) is 0. The average Bonchev–Trinajstić information content (AvgIpc) is 2.21. The van der Waals surface area contributed by atoms with Crippen molar-refractivity contribution in [2.75, 3.05) is 5.88 Å². The fraction of sp³-hybridized carbons (Fsp3) is 0.364. The van der Waals surface area contributed by atoms with E-state index in [0.29, 0.717) is 11.4 Å². The maximum Gasteiger partial charge on any atom is 0.252 e. The minimum absolute atomic E-state index is 0.140. The molecule has 0 heterocycles. The van der Waals surface area contributed by atoms with Crippen molar-refractivity contribution in [2.24, 2.45) is 0 Å². The van der Waals surface area contributed by atoms with Crippen LogP contribution in [0.15, 0.2) is 27.1 Å². The van der Waals surface area contributed by atoms with Crippen molar-refractivity contribution in [3.05, 3.63) is 32.7 Å². The van der Waals surface area contributed by atoms with Crippen LogP contribution in [0.5, 0.6) is 0 Å². The van der Waals surface area contributed by atoms with Crippen LogP contribution in [-0.2, 0) is 0 Å². The van der Waals surface area contributed by atoms with Crippen molar-refractivity contribution in [1.82, 2.24) is 5.32 Å². The number of hydrogen-bond acceptors (Lipinski definition) is 1. The normalized spacial score (nSPS) is 11.3. The van der Waals surface area contributed by atoms with Gasteiger partial charge in [-0.15, -0.1) is 11.6 Å². The van der Waals surface area contributed by atoms with Crippen molar-refractivity contribution >= 4 is 49.4 Å². The van der Waals surface area contributed by atoms with E-state index < -0.39 is 5.54 Å². The number of rotatable bonds is 3. The lowest BCUT2D eigenvalue weighted by Gasteiger charge is -2.23. The number of nitrogens with one attached hydrogen (secondary N) is 1. The molecular formula is C11H12Br2ClNO. The lowest BCUT2D eigenvalue weighted by molar-refractivity contribution is 0.0919. The largest absolute Gasteiger partial charge is 0.346 e. The second-order valence-corrected chi connectivity index (χ2v) is 6.13. The van der Waals surface area contributed by atoms with Crippen molar-refractivity contribution in [1.29, 1.82) is 0 Å². The molecule has 1 rings (SSSR count). The van der Waals surface area contributed by atoms with Gasteiger partial charge in [0.2, 0.25) is 0 Å². The zero-order chi connectivity index (χ0) is 12.3. The Kier molecular flexibility index (Phi) is 4.83. The topological polar surface area (TPSA) is 29.1 Å². The van der Waals surface area contributed by atoms with Gasteiger partial charge in [-0.1, -0.05) is 15.9 Å². The molecule has 16 heavy (non-hydrogen) atoms. The van der Waals surface area contributed by atoms with Crippen LogP contribution in [0.25, 0.3) is 0 Å². The monoisotopic (exact) mass is 367 g/mol. The van der Waals surface area contributed by atoms with E-state index in [1.54, 1.807) is 6.07 Å². The third-order valence-electron chi connectivity index (χ3n) is 1.96. The summed E-state index contributed by atoms with van der Waals surface area (Å²) in [6.45, 7) is 3.76. The highest BCUT2D eigenvalue weighted by Gasteiger charge is 2.21. The molecule has 2 nitrogen and oxygen atoms in total. The molecule has 0 aliphatic heterocycles. The first-order chi connectivity index (χ1) is 7.35. The highest BCUT2D eigenvalue weighted by molar-refractivity contribution is 9.11. The Labute approximate surface area is 117 Å². The number of carbonyl (C=O) groups excluding carboxylic acids is 1. The minimum atomic E-state index is -0.416. The summed E-state index contributed by atoms with van der Waals surface area (Å²) < 4.78 is 1.63. The Morgan fingerprint density at radius 2 is 2.06 bits per heavy atom. The minimum Gasteiger partial charge on any atom is -0.346 e. The lowest BCUT2D eigenvalue weighted by atomic mass is 10.1. The van der Waals surface area contributed by atoms with E-state index in [9.17, 15) is 4.79 Å². The second kappa shape index (κ2) is 5.52. The van der Waals surface area contributed by atoms with Crippen molar-refractivity contribution in [3.8, 4) is 0 Å². The van der Waals surface area contributed by atoms with Gasteiger partial charge in [-0.25, -0.2) is 0 Å². The van der Waals surface area contributed by atoms with E-state index in [1.165, 1.54) is 0 Å². The van der Waals surface area contributed by atoms with E-state index in [0.717, 1.165) is 8.95 Å². The van der Waals surface area contributed by atoms with Crippen LogP contribution in [0.1, 0.15) is 24.2 Å². The molecular weight excluding hydrogens is 357 g/mol. The number of benzene rings is 1. The number of amides is 1. The number of alkyl halides is 1. The molecule has 0 radical (unpaired) electrons. The van der Waals surface area contributed by atoms with E-state index in [1.807, 2.05) is 26.0 Å². The fourth-order valence-electron chi connectivity index (χ4n) is 1.08. The molecule has 88 valence electrons. The van der Waals surface area contributed by atoms with E-state index in [2.05, 4.69) is 37.2 Å². The highest BCUT2D eigenvalue weighted by atomic mass is 79.9. The van der Waals surface area contributed by atoms with Gasteiger partial charge in [0.15, 0.2) is 0 Å². The Balaban J connectivity index is 2.93. The third-order valence-corrected chi connectivity index (χ3v) is 3.81. The summed E-state index contributed by atoms with van der Waals surface area (Å²) in [6, 6.07) is 5.46. The van der Waals surface area contributed by atoms with E-state index in [4.69, 9.17) is 11.6 Å². The smallest absolute Gasteiger partial charge is 0.252 e. The molecule has 0 aliphatic rings. The standard InChI is InChI=1S/C11H12Br2ClNO/c1-11(2,6-14)15-10(16)8-5-7(12)3-4-9(8)13/h3-5H,6H2,1-2H3,(H,15,16). The first-order valence-electron chi connectivity index (χ1n) is 4.69. The molecule has 1 N–H and O–H groups in total. The maximum absolute atomic E-state index is 12.0. The molecule has 0 saturated heterocycles. The van der Waals surface area contributed by atoms with Gasteiger partial charge < -0.3 is 5.32 Å². The molecule has 0 spiro atoms. The van der Waals surface area contributed by atoms with Gasteiger partial charge in [-0.05, 0) is 48.0 Å². The molecule has 0 atom stereocenters. The molecule has 1 aromatic carbocycles. The zero-order valence-electron chi connectivity index (χ0n) is 8.98. The van der Waals surface area contributed by atoms with Crippen molar-refractivity contribution < 1.29 is 4.79 Å². The molecule has 1 amide bonds. The Morgan fingerprint density at radius 3 is 2.62 bits per heavy atom. The molecule has 0 aromatic heterocycles. The highest BCUT2D eigenvalue weighted by Crippen LogP contribution is 2.22. The zero-order valence-corrected chi connectivity index (χ0v) is 12.9. The summed E-state index contributed by atoms with van der Waals surface area (Å²) in [4.78, 5) is 12.0. The van der Waals surface area contributed by atoms with E-state index in [-0.39, 0.29) is 5.91 Å². The van der Waals surface area contributed by atoms with Crippen LogP contribution in [0.4, 0.5) is 0 Å². The van der Waals surface area contributed by atoms with Gasteiger partial charge in [0.25, 0.3) is 5.91 Å². The van der Waals surface area contributed by atoms with Gasteiger partial charge in [-0.2, -0.15) is 0 Å². The predicted octanol–water partition coefficient (Wildman–Crippen LogP) is 3.96. The van der Waals surface area contributed by atoms with Crippen molar-refractivity contribution in [3.63, 3.8) is 0 Å². The van der Waals surface area contributed by atoms with Gasteiger partial charge >= 0.3 is 0 Å².